The van der Waals surface area contributed by atoms with Gasteiger partial charge in [0, 0.05) is 19.0 Å². The SMILES string of the molecule is CC#CCCN[C@H]1CC(C)(C)OC1(C)C. The van der Waals surface area contributed by atoms with Crippen LogP contribution < -0.4 is 5.32 Å². The summed E-state index contributed by atoms with van der Waals surface area (Å²) in [5, 5.41) is 3.53. The van der Waals surface area contributed by atoms with Crippen LogP contribution in [0.2, 0.25) is 0 Å². The third-order valence-corrected chi connectivity index (χ3v) is 2.89. The van der Waals surface area contributed by atoms with Gasteiger partial charge in [0.05, 0.1) is 11.2 Å². The highest BCUT2D eigenvalue weighted by molar-refractivity contribution is 5.00. The summed E-state index contributed by atoms with van der Waals surface area (Å²) in [5.41, 5.74) is -0.0687. The maximum atomic E-state index is 6.01. The van der Waals surface area contributed by atoms with Gasteiger partial charge in [-0.3, -0.25) is 0 Å². The third kappa shape index (κ3) is 3.52. The normalized spacial score (nSPS) is 27.1. The monoisotopic (exact) mass is 209 g/mol. The van der Waals surface area contributed by atoms with Gasteiger partial charge in [0.2, 0.25) is 0 Å². The quantitative estimate of drug-likeness (QED) is 0.569. The summed E-state index contributed by atoms with van der Waals surface area (Å²) < 4.78 is 6.01. The van der Waals surface area contributed by atoms with E-state index in [-0.39, 0.29) is 11.2 Å². The molecule has 0 unspecified atom stereocenters. The summed E-state index contributed by atoms with van der Waals surface area (Å²) in [6.07, 6.45) is 1.99. The van der Waals surface area contributed by atoms with Crippen molar-refractivity contribution in [3.8, 4) is 11.8 Å². The smallest absolute Gasteiger partial charge is 0.0787 e. The molecule has 0 aromatic heterocycles. The standard InChI is InChI=1S/C13H23NO/c1-6-7-8-9-14-11-10-12(2,3)15-13(11,4)5/h11,14H,8-10H2,1-5H3/t11-/m0/s1. The van der Waals surface area contributed by atoms with Crippen LogP contribution in [-0.4, -0.2) is 23.8 Å². The Kier molecular flexibility index (Phi) is 3.81. The molecular weight excluding hydrogens is 186 g/mol. The number of hydrogen-bond donors (Lipinski definition) is 1. The van der Waals surface area contributed by atoms with E-state index in [9.17, 15) is 0 Å². The molecule has 1 aliphatic rings. The van der Waals surface area contributed by atoms with Gasteiger partial charge in [-0.05, 0) is 41.0 Å². The van der Waals surface area contributed by atoms with Gasteiger partial charge >= 0.3 is 0 Å². The van der Waals surface area contributed by atoms with Crippen LogP contribution in [0.3, 0.4) is 0 Å². The molecule has 1 saturated heterocycles. The Morgan fingerprint density at radius 2 is 2.00 bits per heavy atom. The summed E-state index contributed by atoms with van der Waals surface area (Å²) in [6, 6.07) is 0.436. The van der Waals surface area contributed by atoms with Crippen molar-refractivity contribution in [1.82, 2.24) is 5.32 Å². The molecule has 1 fully saturated rings. The van der Waals surface area contributed by atoms with Gasteiger partial charge in [-0.25, -0.2) is 0 Å². The molecule has 0 spiro atoms. The lowest BCUT2D eigenvalue weighted by Crippen LogP contribution is -2.43. The van der Waals surface area contributed by atoms with Crippen LogP contribution in [0.1, 0.15) is 47.5 Å². The first kappa shape index (κ1) is 12.5. The molecule has 1 atom stereocenters. The average molecular weight is 209 g/mol. The lowest BCUT2D eigenvalue weighted by molar-refractivity contribution is -0.0697. The fraction of sp³-hybridized carbons (Fsp3) is 0.846. The number of ether oxygens (including phenoxy) is 1. The van der Waals surface area contributed by atoms with Crippen LogP contribution in [0, 0.1) is 11.8 Å². The van der Waals surface area contributed by atoms with Crippen molar-refractivity contribution in [2.45, 2.75) is 64.7 Å². The van der Waals surface area contributed by atoms with Crippen molar-refractivity contribution in [3.05, 3.63) is 0 Å². The summed E-state index contributed by atoms with van der Waals surface area (Å²) in [6.45, 7) is 11.5. The predicted molar refractivity (Wildman–Crippen MR) is 63.7 cm³/mol. The van der Waals surface area contributed by atoms with Gasteiger partial charge in [0.25, 0.3) is 0 Å². The first-order chi connectivity index (χ1) is 6.87. The van der Waals surface area contributed by atoms with Crippen molar-refractivity contribution >= 4 is 0 Å². The zero-order valence-electron chi connectivity index (χ0n) is 10.6. The molecule has 0 saturated carbocycles. The summed E-state index contributed by atoms with van der Waals surface area (Å²) in [7, 11) is 0. The zero-order valence-corrected chi connectivity index (χ0v) is 10.6. The molecular formula is C13H23NO. The highest BCUT2D eigenvalue weighted by Gasteiger charge is 2.45. The van der Waals surface area contributed by atoms with E-state index in [2.05, 4.69) is 44.9 Å². The molecule has 86 valence electrons. The molecule has 1 heterocycles. The second-order valence-corrected chi connectivity index (χ2v) is 5.35. The van der Waals surface area contributed by atoms with Crippen LogP contribution in [0.15, 0.2) is 0 Å². The van der Waals surface area contributed by atoms with Gasteiger partial charge in [-0.1, -0.05) is 0 Å². The van der Waals surface area contributed by atoms with E-state index >= 15 is 0 Å². The minimum absolute atomic E-state index is 0.00238. The van der Waals surface area contributed by atoms with Crippen LogP contribution in [0.5, 0.6) is 0 Å². The number of rotatable bonds is 3. The molecule has 0 radical (unpaired) electrons. The molecule has 2 heteroatoms. The highest BCUT2D eigenvalue weighted by atomic mass is 16.5. The van der Waals surface area contributed by atoms with E-state index < -0.39 is 0 Å². The Morgan fingerprint density at radius 3 is 2.47 bits per heavy atom. The summed E-state index contributed by atoms with van der Waals surface area (Å²) in [5.74, 6) is 5.98. The largest absolute Gasteiger partial charge is 0.368 e. The Labute approximate surface area is 93.8 Å². The molecule has 0 aliphatic carbocycles. The van der Waals surface area contributed by atoms with Crippen molar-refractivity contribution in [2.24, 2.45) is 0 Å². The molecule has 0 aromatic carbocycles. The Morgan fingerprint density at radius 1 is 1.33 bits per heavy atom. The topological polar surface area (TPSA) is 21.3 Å². The van der Waals surface area contributed by atoms with E-state index in [1.54, 1.807) is 0 Å². The lowest BCUT2D eigenvalue weighted by Gasteiger charge is -2.27. The van der Waals surface area contributed by atoms with Crippen LogP contribution in [0.25, 0.3) is 0 Å². The van der Waals surface area contributed by atoms with Crippen molar-refractivity contribution in [3.63, 3.8) is 0 Å². The van der Waals surface area contributed by atoms with E-state index in [1.807, 2.05) is 6.92 Å². The maximum absolute atomic E-state index is 6.01. The van der Waals surface area contributed by atoms with Crippen molar-refractivity contribution in [1.29, 1.82) is 0 Å². The van der Waals surface area contributed by atoms with Gasteiger partial charge in [-0.15, -0.1) is 11.8 Å². The third-order valence-electron chi connectivity index (χ3n) is 2.89. The molecule has 15 heavy (non-hydrogen) atoms. The Balaban J connectivity index is 2.43. The molecule has 1 N–H and O–H groups in total. The second-order valence-electron chi connectivity index (χ2n) is 5.35. The number of nitrogens with one attached hydrogen (secondary N) is 1. The lowest BCUT2D eigenvalue weighted by atomic mass is 9.94. The Hall–Kier alpha value is -0.520. The van der Waals surface area contributed by atoms with Crippen LogP contribution in [-0.2, 0) is 4.74 Å². The Bertz CT molecular complexity index is 270. The predicted octanol–water partition coefficient (Wildman–Crippen LogP) is 2.34. The molecule has 0 amide bonds. The van der Waals surface area contributed by atoms with E-state index in [1.165, 1.54) is 0 Å². The number of hydrogen-bond acceptors (Lipinski definition) is 2. The summed E-state index contributed by atoms with van der Waals surface area (Å²) >= 11 is 0. The molecule has 1 aliphatic heterocycles. The molecule has 2 nitrogen and oxygen atoms in total. The van der Waals surface area contributed by atoms with Gasteiger partial charge in [0.15, 0.2) is 0 Å². The second kappa shape index (κ2) is 4.55. The minimum Gasteiger partial charge on any atom is -0.368 e. The van der Waals surface area contributed by atoms with E-state index in [0.717, 1.165) is 19.4 Å². The van der Waals surface area contributed by atoms with Crippen LogP contribution in [0.4, 0.5) is 0 Å². The van der Waals surface area contributed by atoms with Crippen molar-refractivity contribution < 1.29 is 4.74 Å². The average Bonchev–Trinajstić information content (AvgIpc) is 2.28. The first-order valence-electron chi connectivity index (χ1n) is 5.70. The fourth-order valence-electron chi connectivity index (χ4n) is 2.31. The maximum Gasteiger partial charge on any atom is 0.0787 e. The van der Waals surface area contributed by atoms with Gasteiger partial charge in [0.1, 0.15) is 0 Å². The van der Waals surface area contributed by atoms with Crippen LogP contribution >= 0.6 is 0 Å². The fourth-order valence-corrected chi connectivity index (χ4v) is 2.31. The molecule has 0 bridgehead atoms. The van der Waals surface area contributed by atoms with Gasteiger partial charge in [-0.2, -0.15) is 0 Å². The molecule has 0 aromatic rings. The summed E-state index contributed by atoms with van der Waals surface area (Å²) in [4.78, 5) is 0. The zero-order chi connectivity index (χ0) is 11.5. The highest BCUT2D eigenvalue weighted by Crippen LogP contribution is 2.37. The minimum atomic E-state index is -0.0663. The first-order valence-corrected chi connectivity index (χ1v) is 5.70. The van der Waals surface area contributed by atoms with E-state index in [0.29, 0.717) is 6.04 Å². The van der Waals surface area contributed by atoms with E-state index in [4.69, 9.17) is 4.74 Å². The van der Waals surface area contributed by atoms with Crippen molar-refractivity contribution in [2.75, 3.05) is 6.54 Å². The van der Waals surface area contributed by atoms with Gasteiger partial charge < -0.3 is 10.1 Å². The molecule has 1 rings (SSSR count).